The highest BCUT2D eigenvalue weighted by atomic mass is 16.5. The molecule has 0 radical (unpaired) electrons. The van der Waals surface area contributed by atoms with Gasteiger partial charge in [0.1, 0.15) is 0 Å². The summed E-state index contributed by atoms with van der Waals surface area (Å²) in [6.45, 7) is 5.39. The molecule has 1 aromatic carbocycles. The van der Waals surface area contributed by atoms with Crippen molar-refractivity contribution >= 4 is 17.4 Å². The topological polar surface area (TPSA) is 76.2 Å². The maximum atomic E-state index is 11.3. The lowest BCUT2D eigenvalue weighted by Crippen LogP contribution is -2.08. The predicted octanol–water partition coefficient (Wildman–Crippen LogP) is 2.00. The Morgan fingerprint density at radius 1 is 1.50 bits per heavy atom. The third-order valence-electron chi connectivity index (χ3n) is 2.17. The van der Waals surface area contributed by atoms with Crippen molar-refractivity contribution in [2.24, 2.45) is 0 Å². The molecule has 0 amide bonds. The molecular formula is C12H14N2O2. The van der Waals surface area contributed by atoms with Crippen LogP contribution in [0.3, 0.4) is 0 Å². The maximum absolute atomic E-state index is 11.3. The molecule has 3 N–H and O–H groups in total. The molecule has 0 aromatic heterocycles. The van der Waals surface area contributed by atoms with Crippen molar-refractivity contribution in [2.75, 3.05) is 12.8 Å². The minimum atomic E-state index is -0.448. The van der Waals surface area contributed by atoms with E-state index in [4.69, 9.17) is 11.1 Å². The van der Waals surface area contributed by atoms with Crippen LogP contribution in [0, 0.1) is 5.41 Å². The average Bonchev–Trinajstić information content (AvgIpc) is 2.27. The van der Waals surface area contributed by atoms with Gasteiger partial charge in [0, 0.05) is 11.3 Å². The number of methoxy groups -OCH3 is 1. The zero-order valence-corrected chi connectivity index (χ0v) is 9.33. The first-order valence-electron chi connectivity index (χ1n) is 4.70. The Kier molecular flexibility index (Phi) is 3.45. The van der Waals surface area contributed by atoms with Crippen LogP contribution < -0.4 is 5.73 Å². The average molecular weight is 218 g/mol. The van der Waals surface area contributed by atoms with Crippen LogP contribution >= 0.6 is 0 Å². The standard InChI is InChI=1S/C12H14N2O2/c1-7(2)11(14)9-6-8(12(15)16-3)4-5-10(9)13/h4-6,14H,1,13H2,2-3H3. The van der Waals surface area contributed by atoms with Gasteiger partial charge in [-0.05, 0) is 30.7 Å². The summed E-state index contributed by atoms with van der Waals surface area (Å²) in [6, 6.07) is 4.69. The monoisotopic (exact) mass is 218 g/mol. The van der Waals surface area contributed by atoms with Crippen LogP contribution in [0.2, 0.25) is 0 Å². The first kappa shape index (κ1) is 12.0. The highest BCUT2D eigenvalue weighted by Gasteiger charge is 2.11. The van der Waals surface area contributed by atoms with Gasteiger partial charge in [-0.25, -0.2) is 4.79 Å². The molecule has 4 nitrogen and oxygen atoms in total. The first-order chi connectivity index (χ1) is 7.47. The fraction of sp³-hybridized carbons (Fsp3) is 0.167. The summed E-state index contributed by atoms with van der Waals surface area (Å²) in [5, 5.41) is 7.79. The van der Waals surface area contributed by atoms with Gasteiger partial charge in [-0.3, -0.25) is 5.41 Å². The smallest absolute Gasteiger partial charge is 0.337 e. The maximum Gasteiger partial charge on any atom is 0.337 e. The molecule has 0 aliphatic carbocycles. The van der Waals surface area contributed by atoms with Gasteiger partial charge in [0.05, 0.1) is 18.4 Å². The lowest BCUT2D eigenvalue weighted by atomic mass is 10.0. The van der Waals surface area contributed by atoms with Gasteiger partial charge < -0.3 is 10.5 Å². The van der Waals surface area contributed by atoms with E-state index in [-0.39, 0.29) is 5.71 Å². The lowest BCUT2D eigenvalue weighted by molar-refractivity contribution is 0.0601. The minimum absolute atomic E-state index is 0.225. The van der Waals surface area contributed by atoms with Crippen LogP contribution in [0.25, 0.3) is 0 Å². The van der Waals surface area contributed by atoms with Gasteiger partial charge in [-0.1, -0.05) is 6.58 Å². The number of rotatable bonds is 3. The highest BCUT2D eigenvalue weighted by molar-refractivity contribution is 6.13. The van der Waals surface area contributed by atoms with Gasteiger partial charge in [-0.15, -0.1) is 0 Å². The number of nitrogens with one attached hydrogen (secondary N) is 1. The predicted molar refractivity (Wildman–Crippen MR) is 63.8 cm³/mol. The van der Waals surface area contributed by atoms with E-state index in [1.807, 2.05) is 0 Å². The number of carbonyl (C=O) groups is 1. The van der Waals surface area contributed by atoms with Crippen molar-refractivity contribution in [3.8, 4) is 0 Å². The Bertz CT molecular complexity index is 464. The number of nitrogen functional groups attached to an aromatic ring is 1. The van der Waals surface area contributed by atoms with Crippen LogP contribution in [0.1, 0.15) is 22.8 Å². The number of esters is 1. The summed E-state index contributed by atoms with van der Waals surface area (Å²) >= 11 is 0. The number of ether oxygens (including phenoxy) is 1. The molecule has 0 atom stereocenters. The molecule has 0 bridgehead atoms. The molecule has 0 aliphatic heterocycles. The quantitative estimate of drug-likeness (QED) is 0.463. The van der Waals surface area contributed by atoms with E-state index in [2.05, 4.69) is 11.3 Å². The van der Waals surface area contributed by atoms with Crippen molar-refractivity contribution in [1.29, 1.82) is 5.41 Å². The second-order valence-electron chi connectivity index (χ2n) is 3.45. The molecule has 0 spiro atoms. The molecule has 0 aliphatic rings. The summed E-state index contributed by atoms with van der Waals surface area (Å²) in [5.74, 6) is -0.448. The molecule has 84 valence electrons. The molecule has 0 unspecified atom stereocenters. The Hall–Kier alpha value is -2.10. The van der Waals surface area contributed by atoms with Gasteiger partial charge >= 0.3 is 5.97 Å². The van der Waals surface area contributed by atoms with Crippen LogP contribution in [0.5, 0.6) is 0 Å². The number of nitrogens with two attached hydrogens (primary N) is 1. The summed E-state index contributed by atoms with van der Waals surface area (Å²) in [6.07, 6.45) is 0. The number of benzene rings is 1. The van der Waals surface area contributed by atoms with E-state index < -0.39 is 5.97 Å². The normalized spacial score (nSPS) is 9.62. The fourth-order valence-corrected chi connectivity index (χ4v) is 1.25. The SMILES string of the molecule is C=C(C)C(=N)c1cc(C(=O)OC)ccc1N. The number of hydrogen-bond acceptors (Lipinski definition) is 4. The lowest BCUT2D eigenvalue weighted by Gasteiger charge is -2.08. The van der Waals surface area contributed by atoms with E-state index in [1.54, 1.807) is 19.1 Å². The van der Waals surface area contributed by atoms with E-state index in [0.29, 0.717) is 22.4 Å². The summed E-state index contributed by atoms with van der Waals surface area (Å²) in [5.41, 5.74) is 7.87. The highest BCUT2D eigenvalue weighted by Crippen LogP contribution is 2.18. The number of anilines is 1. The van der Waals surface area contributed by atoms with E-state index in [1.165, 1.54) is 13.2 Å². The third-order valence-corrected chi connectivity index (χ3v) is 2.17. The molecule has 1 aromatic rings. The summed E-state index contributed by atoms with van der Waals surface area (Å²) in [4.78, 5) is 11.3. The Balaban J connectivity index is 3.24. The van der Waals surface area contributed by atoms with E-state index >= 15 is 0 Å². The van der Waals surface area contributed by atoms with Gasteiger partial charge in [0.2, 0.25) is 0 Å². The second-order valence-corrected chi connectivity index (χ2v) is 3.45. The van der Waals surface area contributed by atoms with Crippen molar-refractivity contribution in [3.63, 3.8) is 0 Å². The molecule has 0 heterocycles. The van der Waals surface area contributed by atoms with Gasteiger partial charge in [0.15, 0.2) is 0 Å². The van der Waals surface area contributed by atoms with E-state index in [0.717, 1.165) is 0 Å². The molecule has 0 fully saturated rings. The number of carbonyl (C=O) groups excluding carboxylic acids is 1. The second kappa shape index (κ2) is 4.61. The van der Waals surface area contributed by atoms with Crippen LogP contribution in [0.4, 0.5) is 5.69 Å². The first-order valence-corrected chi connectivity index (χ1v) is 4.70. The van der Waals surface area contributed by atoms with Gasteiger partial charge in [0.25, 0.3) is 0 Å². The van der Waals surface area contributed by atoms with Crippen LogP contribution in [-0.2, 0) is 4.74 Å². The molecular weight excluding hydrogens is 204 g/mol. The summed E-state index contributed by atoms with van der Waals surface area (Å²) < 4.78 is 4.60. The summed E-state index contributed by atoms with van der Waals surface area (Å²) in [7, 11) is 1.31. The van der Waals surface area contributed by atoms with Crippen molar-refractivity contribution in [1.82, 2.24) is 0 Å². The fourth-order valence-electron chi connectivity index (χ4n) is 1.25. The van der Waals surface area contributed by atoms with Crippen LogP contribution in [-0.4, -0.2) is 18.8 Å². The van der Waals surface area contributed by atoms with Crippen molar-refractivity contribution < 1.29 is 9.53 Å². The zero-order valence-electron chi connectivity index (χ0n) is 9.33. The Morgan fingerprint density at radius 2 is 2.12 bits per heavy atom. The van der Waals surface area contributed by atoms with Crippen molar-refractivity contribution in [3.05, 3.63) is 41.5 Å². The number of hydrogen-bond donors (Lipinski definition) is 2. The zero-order chi connectivity index (χ0) is 12.3. The number of allylic oxidation sites excluding steroid dienone is 1. The Labute approximate surface area is 94.2 Å². The van der Waals surface area contributed by atoms with Crippen molar-refractivity contribution in [2.45, 2.75) is 6.92 Å². The molecule has 1 rings (SSSR count). The Morgan fingerprint density at radius 3 is 2.62 bits per heavy atom. The molecule has 4 heteroatoms. The van der Waals surface area contributed by atoms with E-state index in [9.17, 15) is 4.79 Å². The largest absolute Gasteiger partial charge is 0.465 e. The third kappa shape index (κ3) is 2.28. The minimum Gasteiger partial charge on any atom is -0.465 e. The molecule has 0 saturated heterocycles. The van der Waals surface area contributed by atoms with Crippen LogP contribution in [0.15, 0.2) is 30.4 Å². The molecule has 16 heavy (non-hydrogen) atoms. The van der Waals surface area contributed by atoms with Gasteiger partial charge in [-0.2, -0.15) is 0 Å². The molecule has 0 saturated carbocycles.